The molecular weight excluding hydrogens is 431 g/mol. The molecule has 172 valence electrons. The Kier molecular flexibility index (Phi) is 5.88. The highest BCUT2D eigenvalue weighted by molar-refractivity contribution is 6.46. The standard InChI is InChI=1S/C28H25FN2O3/c1-2-17-34-23-10-5-9-22(18-23)31-27(32)25(20-12-14-21(29)15-13-20)26(28(31)33)30-16-6-8-19-7-3-4-11-24(19)30/h3-5,7,9-15,18H,2,6,8,16-17H2,1H3. The van der Waals surface area contributed by atoms with Gasteiger partial charge < -0.3 is 9.64 Å². The van der Waals surface area contributed by atoms with E-state index >= 15 is 0 Å². The molecule has 2 heterocycles. The zero-order chi connectivity index (χ0) is 23.7. The number of nitrogens with zero attached hydrogens (tertiary/aromatic N) is 2. The molecule has 2 amide bonds. The molecule has 0 bridgehead atoms. The number of anilines is 2. The smallest absolute Gasteiger partial charge is 0.282 e. The van der Waals surface area contributed by atoms with E-state index in [0.717, 1.165) is 30.5 Å². The monoisotopic (exact) mass is 456 g/mol. The minimum Gasteiger partial charge on any atom is -0.494 e. The van der Waals surface area contributed by atoms with E-state index in [1.807, 2.05) is 36.1 Å². The molecule has 5 rings (SSSR count). The second-order valence-corrected chi connectivity index (χ2v) is 8.41. The van der Waals surface area contributed by atoms with Crippen molar-refractivity contribution < 1.29 is 18.7 Å². The fraction of sp³-hybridized carbons (Fsp3) is 0.214. The van der Waals surface area contributed by atoms with Crippen molar-refractivity contribution in [1.29, 1.82) is 0 Å². The Morgan fingerprint density at radius 3 is 2.53 bits per heavy atom. The zero-order valence-corrected chi connectivity index (χ0v) is 19.0. The fourth-order valence-electron chi connectivity index (χ4n) is 4.58. The maximum Gasteiger partial charge on any atom is 0.282 e. The zero-order valence-electron chi connectivity index (χ0n) is 19.0. The molecule has 0 unspecified atom stereocenters. The lowest BCUT2D eigenvalue weighted by atomic mass is 9.98. The second-order valence-electron chi connectivity index (χ2n) is 8.41. The molecule has 0 atom stereocenters. The third-order valence-corrected chi connectivity index (χ3v) is 6.12. The summed E-state index contributed by atoms with van der Waals surface area (Å²) >= 11 is 0. The highest BCUT2D eigenvalue weighted by Gasteiger charge is 2.43. The van der Waals surface area contributed by atoms with Crippen molar-refractivity contribution in [3.8, 4) is 5.75 Å². The van der Waals surface area contributed by atoms with E-state index in [2.05, 4.69) is 0 Å². The van der Waals surface area contributed by atoms with Crippen LogP contribution in [0, 0.1) is 5.82 Å². The number of hydrogen-bond donors (Lipinski definition) is 0. The average Bonchev–Trinajstić information content (AvgIpc) is 3.12. The first-order chi connectivity index (χ1) is 16.6. The summed E-state index contributed by atoms with van der Waals surface area (Å²) in [6.45, 7) is 3.17. The number of aryl methyl sites for hydroxylation is 1. The number of carbonyl (C=O) groups excluding carboxylic acids is 2. The Bertz CT molecular complexity index is 1280. The van der Waals surface area contributed by atoms with Gasteiger partial charge in [0.15, 0.2) is 0 Å². The first-order valence-corrected chi connectivity index (χ1v) is 11.6. The lowest BCUT2D eigenvalue weighted by Crippen LogP contribution is -2.37. The van der Waals surface area contributed by atoms with Crippen molar-refractivity contribution in [2.45, 2.75) is 26.2 Å². The van der Waals surface area contributed by atoms with Gasteiger partial charge in [0.05, 0.1) is 17.9 Å². The lowest BCUT2D eigenvalue weighted by molar-refractivity contribution is -0.120. The lowest BCUT2D eigenvalue weighted by Gasteiger charge is -2.32. The molecule has 0 saturated carbocycles. The molecule has 0 aliphatic carbocycles. The Hall–Kier alpha value is -3.93. The molecule has 0 aromatic heterocycles. The average molecular weight is 457 g/mol. The molecule has 0 radical (unpaired) electrons. The van der Waals surface area contributed by atoms with Gasteiger partial charge in [-0.25, -0.2) is 9.29 Å². The third kappa shape index (κ3) is 3.85. The number of imide groups is 1. The number of amides is 2. The number of para-hydroxylation sites is 1. The highest BCUT2D eigenvalue weighted by Crippen LogP contribution is 2.40. The SMILES string of the molecule is CCCOc1cccc(N2C(=O)C(c3ccc(F)cc3)=C(N3CCCc4ccccc43)C2=O)c1. The summed E-state index contributed by atoms with van der Waals surface area (Å²) in [6.07, 6.45) is 2.62. The molecule has 3 aromatic carbocycles. The van der Waals surface area contributed by atoms with Gasteiger partial charge in [0.1, 0.15) is 17.3 Å². The van der Waals surface area contributed by atoms with E-state index < -0.39 is 17.6 Å². The Morgan fingerprint density at radius 2 is 1.74 bits per heavy atom. The van der Waals surface area contributed by atoms with E-state index in [0.29, 0.717) is 35.8 Å². The van der Waals surface area contributed by atoms with E-state index in [-0.39, 0.29) is 5.57 Å². The summed E-state index contributed by atoms with van der Waals surface area (Å²) in [5, 5.41) is 0. The van der Waals surface area contributed by atoms with Gasteiger partial charge in [-0.2, -0.15) is 0 Å². The highest BCUT2D eigenvalue weighted by atomic mass is 19.1. The van der Waals surface area contributed by atoms with Crippen LogP contribution in [0.25, 0.3) is 5.57 Å². The van der Waals surface area contributed by atoms with Crippen molar-refractivity contribution >= 4 is 28.8 Å². The van der Waals surface area contributed by atoms with Crippen molar-refractivity contribution in [3.63, 3.8) is 0 Å². The number of hydrogen-bond acceptors (Lipinski definition) is 4. The summed E-state index contributed by atoms with van der Waals surface area (Å²) in [5.74, 6) is -0.625. The van der Waals surface area contributed by atoms with Crippen LogP contribution in [0.1, 0.15) is 30.9 Å². The number of halogens is 1. The van der Waals surface area contributed by atoms with Crippen molar-refractivity contribution in [2.24, 2.45) is 0 Å². The van der Waals surface area contributed by atoms with Crippen LogP contribution >= 0.6 is 0 Å². The predicted molar refractivity (Wildman–Crippen MR) is 130 cm³/mol. The van der Waals surface area contributed by atoms with Crippen LogP contribution in [0.3, 0.4) is 0 Å². The van der Waals surface area contributed by atoms with Crippen LogP contribution in [-0.2, 0) is 16.0 Å². The van der Waals surface area contributed by atoms with Crippen molar-refractivity contribution in [1.82, 2.24) is 0 Å². The van der Waals surface area contributed by atoms with Crippen LogP contribution in [-0.4, -0.2) is 25.0 Å². The largest absolute Gasteiger partial charge is 0.494 e. The molecule has 0 saturated heterocycles. The van der Waals surface area contributed by atoms with Gasteiger partial charge in [0, 0.05) is 18.3 Å². The summed E-state index contributed by atoms with van der Waals surface area (Å²) in [5.41, 5.74) is 3.62. The Morgan fingerprint density at radius 1 is 0.941 bits per heavy atom. The summed E-state index contributed by atoms with van der Waals surface area (Å²) < 4.78 is 19.4. The van der Waals surface area contributed by atoms with Gasteiger partial charge in [-0.05, 0) is 60.7 Å². The third-order valence-electron chi connectivity index (χ3n) is 6.12. The van der Waals surface area contributed by atoms with Gasteiger partial charge in [-0.15, -0.1) is 0 Å². The van der Waals surface area contributed by atoms with Gasteiger partial charge in [0.25, 0.3) is 11.8 Å². The van der Waals surface area contributed by atoms with Crippen molar-refractivity contribution in [2.75, 3.05) is 23.0 Å². The molecule has 0 fully saturated rings. The minimum atomic E-state index is -0.428. The summed E-state index contributed by atoms with van der Waals surface area (Å²) in [4.78, 5) is 30.8. The van der Waals surface area contributed by atoms with Gasteiger partial charge in [0.2, 0.25) is 0 Å². The van der Waals surface area contributed by atoms with E-state index in [1.165, 1.54) is 17.0 Å². The molecule has 2 aliphatic rings. The van der Waals surface area contributed by atoms with Crippen LogP contribution in [0.2, 0.25) is 0 Å². The topological polar surface area (TPSA) is 49.9 Å². The minimum absolute atomic E-state index is 0.279. The van der Waals surface area contributed by atoms with Gasteiger partial charge in [-0.3, -0.25) is 9.59 Å². The van der Waals surface area contributed by atoms with Crippen molar-refractivity contribution in [3.05, 3.63) is 95.4 Å². The fourth-order valence-corrected chi connectivity index (χ4v) is 4.58. The summed E-state index contributed by atoms with van der Waals surface area (Å²) in [6, 6.07) is 20.7. The molecule has 3 aromatic rings. The molecule has 34 heavy (non-hydrogen) atoms. The molecule has 0 spiro atoms. The van der Waals surface area contributed by atoms with Crippen LogP contribution < -0.4 is 14.5 Å². The molecule has 6 heteroatoms. The van der Waals surface area contributed by atoms with Crippen LogP contribution in [0.5, 0.6) is 5.75 Å². The number of benzene rings is 3. The van der Waals surface area contributed by atoms with Gasteiger partial charge in [-0.1, -0.05) is 43.3 Å². The number of fused-ring (bicyclic) bond motifs is 1. The van der Waals surface area contributed by atoms with E-state index in [9.17, 15) is 14.0 Å². The van der Waals surface area contributed by atoms with Crippen LogP contribution in [0.4, 0.5) is 15.8 Å². The maximum atomic E-state index is 13.9. The number of ether oxygens (including phenoxy) is 1. The predicted octanol–water partition coefficient (Wildman–Crippen LogP) is 5.35. The quantitative estimate of drug-likeness (QED) is 0.469. The second kappa shape index (κ2) is 9.14. The first kappa shape index (κ1) is 21.9. The number of carbonyl (C=O) groups is 2. The molecule has 0 N–H and O–H groups in total. The molecular formula is C28H25FN2O3. The Labute approximate surface area is 198 Å². The maximum absolute atomic E-state index is 13.9. The van der Waals surface area contributed by atoms with E-state index in [4.69, 9.17) is 4.74 Å². The molecule has 2 aliphatic heterocycles. The summed E-state index contributed by atoms with van der Waals surface area (Å²) in [7, 11) is 0. The van der Waals surface area contributed by atoms with E-state index in [1.54, 1.807) is 36.4 Å². The number of rotatable bonds is 6. The molecule has 5 nitrogen and oxygen atoms in total. The Balaban J connectivity index is 1.63. The van der Waals surface area contributed by atoms with Gasteiger partial charge >= 0.3 is 0 Å². The van der Waals surface area contributed by atoms with Crippen LogP contribution in [0.15, 0.2) is 78.5 Å². The first-order valence-electron chi connectivity index (χ1n) is 11.6. The normalized spacial score (nSPS) is 15.7.